The van der Waals surface area contributed by atoms with Gasteiger partial charge in [0.25, 0.3) is 0 Å². The van der Waals surface area contributed by atoms with Crippen molar-refractivity contribution >= 4 is 18.0 Å². The minimum atomic E-state index is 0.722. The molecule has 1 aromatic carbocycles. The average molecular weight is 260 g/mol. The lowest BCUT2D eigenvalue weighted by atomic mass is 10.2. The molecule has 2 aromatic rings. The first-order valence-electron chi connectivity index (χ1n) is 5.89. The van der Waals surface area contributed by atoms with Crippen LogP contribution in [0.1, 0.15) is 21.7 Å². The lowest BCUT2D eigenvalue weighted by molar-refractivity contribution is 0.112. The van der Waals surface area contributed by atoms with Crippen LogP contribution in [-0.4, -0.2) is 21.8 Å². The molecule has 1 heterocycles. The quantitative estimate of drug-likeness (QED) is 0.612. The number of hydrogen-bond acceptors (Lipinski definition) is 3. The van der Waals surface area contributed by atoms with Crippen molar-refractivity contribution in [3.63, 3.8) is 0 Å². The fraction of sp³-hybridized carbons (Fsp3) is 0.286. The van der Waals surface area contributed by atoms with E-state index in [4.69, 9.17) is 0 Å². The van der Waals surface area contributed by atoms with E-state index in [-0.39, 0.29) is 0 Å². The number of carbonyl (C=O) groups excluding carboxylic acids is 1. The van der Waals surface area contributed by atoms with E-state index in [1.54, 1.807) is 11.8 Å². The Morgan fingerprint density at radius 1 is 1.28 bits per heavy atom. The Kier molecular flexibility index (Phi) is 4.20. The molecular formula is C14H16N2OS. The Bertz CT molecular complexity index is 534. The van der Waals surface area contributed by atoms with Gasteiger partial charge in [0, 0.05) is 16.3 Å². The van der Waals surface area contributed by atoms with Crippen molar-refractivity contribution in [1.82, 2.24) is 9.78 Å². The van der Waals surface area contributed by atoms with E-state index in [0.717, 1.165) is 35.5 Å². The number of aldehydes is 1. The van der Waals surface area contributed by atoms with E-state index in [2.05, 4.69) is 17.2 Å². The maximum Gasteiger partial charge on any atom is 0.153 e. The number of thioether (sulfide) groups is 1. The topological polar surface area (TPSA) is 34.9 Å². The third-order valence-corrected chi connectivity index (χ3v) is 3.86. The van der Waals surface area contributed by atoms with Gasteiger partial charge in [-0.25, -0.2) is 0 Å². The van der Waals surface area contributed by atoms with Crippen LogP contribution in [0.3, 0.4) is 0 Å². The standard InChI is InChI=1S/C14H16N2OS/c1-11-14(10-17)12(2)16(15-11)8-9-18-13-6-4-3-5-7-13/h3-7,10H,8-9H2,1-2H3. The molecule has 0 aliphatic heterocycles. The van der Waals surface area contributed by atoms with Gasteiger partial charge in [0.2, 0.25) is 0 Å². The van der Waals surface area contributed by atoms with Crippen molar-refractivity contribution in [1.29, 1.82) is 0 Å². The van der Waals surface area contributed by atoms with Gasteiger partial charge in [-0.1, -0.05) is 18.2 Å². The molecule has 0 saturated heterocycles. The molecule has 0 amide bonds. The summed E-state index contributed by atoms with van der Waals surface area (Å²) in [6, 6.07) is 10.3. The zero-order chi connectivity index (χ0) is 13.0. The van der Waals surface area contributed by atoms with Crippen LogP contribution in [0.2, 0.25) is 0 Å². The normalized spacial score (nSPS) is 10.6. The second-order valence-corrected chi connectivity index (χ2v) is 5.26. The number of aromatic nitrogens is 2. The minimum absolute atomic E-state index is 0.722. The highest BCUT2D eigenvalue weighted by Gasteiger charge is 2.09. The SMILES string of the molecule is Cc1nn(CCSc2ccccc2)c(C)c1C=O. The number of carbonyl (C=O) groups is 1. The maximum atomic E-state index is 10.9. The molecule has 0 spiro atoms. The molecule has 0 atom stereocenters. The molecule has 0 N–H and O–H groups in total. The van der Waals surface area contributed by atoms with E-state index in [9.17, 15) is 4.79 Å². The number of benzene rings is 1. The summed E-state index contributed by atoms with van der Waals surface area (Å²) in [5, 5.41) is 4.38. The van der Waals surface area contributed by atoms with Gasteiger partial charge in [-0.05, 0) is 26.0 Å². The fourth-order valence-corrected chi connectivity index (χ4v) is 2.72. The summed E-state index contributed by atoms with van der Waals surface area (Å²) in [5.74, 6) is 0.949. The molecule has 0 unspecified atom stereocenters. The first-order chi connectivity index (χ1) is 8.72. The van der Waals surface area contributed by atoms with E-state index >= 15 is 0 Å². The Morgan fingerprint density at radius 3 is 2.61 bits per heavy atom. The van der Waals surface area contributed by atoms with Crippen LogP contribution in [-0.2, 0) is 6.54 Å². The van der Waals surface area contributed by atoms with Crippen LogP contribution >= 0.6 is 11.8 Å². The van der Waals surface area contributed by atoms with Gasteiger partial charge in [-0.3, -0.25) is 9.48 Å². The van der Waals surface area contributed by atoms with Crippen molar-refractivity contribution < 1.29 is 4.79 Å². The van der Waals surface area contributed by atoms with E-state index < -0.39 is 0 Å². The first kappa shape index (κ1) is 12.9. The monoisotopic (exact) mass is 260 g/mol. The highest BCUT2D eigenvalue weighted by Crippen LogP contribution is 2.18. The van der Waals surface area contributed by atoms with Gasteiger partial charge in [-0.2, -0.15) is 5.10 Å². The van der Waals surface area contributed by atoms with Crippen LogP contribution in [0.15, 0.2) is 35.2 Å². The Balaban J connectivity index is 1.97. The molecule has 94 valence electrons. The number of hydrogen-bond donors (Lipinski definition) is 0. The van der Waals surface area contributed by atoms with Crippen LogP contribution < -0.4 is 0 Å². The summed E-state index contributed by atoms with van der Waals surface area (Å²) >= 11 is 1.80. The van der Waals surface area contributed by atoms with Crippen molar-refractivity contribution in [2.45, 2.75) is 25.3 Å². The summed E-state index contributed by atoms with van der Waals surface area (Å²) < 4.78 is 1.91. The molecule has 4 heteroatoms. The van der Waals surface area contributed by atoms with Gasteiger partial charge in [0.1, 0.15) is 0 Å². The van der Waals surface area contributed by atoms with Crippen LogP contribution in [0, 0.1) is 13.8 Å². The number of nitrogens with zero attached hydrogens (tertiary/aromatic N) is 2. The van der Waals surface area contributed by atoms with Gasteiger partial charge in [-0.15, -0.1) is 11.8 Å². The molecule has 0 radical (unpaired) electrons. The maximum absolute atomic E-state index is 10.9. The van der Waals surface area contributed by atoms with E-state index in [1.807, 2.05) is 36.7 Å². The zero-order valence-electron chi connectivity index (χ0n) is 10.6. The lowest BCUT2D eigenvalue weighted by Gasteiger charge is -2.04. The second-order valence-electron chi connectivity index (χ2n) is 4.09. The molecule has 0 bridgehead atoms. The summed E-state index contributed by atoms with van der Waals surface area (Å²) in [6.45, 7) is 4.63. The Hall–Kier alpha value is -1.55. The van der Waals surface area contributed by atoms with Crippen molar-refractivity contribution in [2.24, 2.45) is 0 Å². The third kappa shape index (κ3) is 2.82. The summed E-state index contributed by atoms with van der Waals surface area (Å²) in [6.07, 6.45) is 0.887. The van der Waals surface area contributed by atoms with Gasteiger partial charge in [0.15, 0.2) is 6.29 Å². The Labute approximate surface area is 111 Å². The van der Waals surface area contributed by atoms with Gasteiger partial charge < -0.3 is 0 Å². The fourth-order valence-electron chi connectivity index (χ4n) is 1.87. The summed E-state index contributed by atoms with van der Waals surface area (Å²) in [5.41, 5.74) is 2.49. The molecular weight excluding hydrogens is 244 g/mol. The lowest BCUT2D eigenvalue weighted by Crippen LogP contribution is -2.05. The van der Waals surface area contributed by atoms with Crippen molar-refractivity contribution in [2.75, 3.05) is 5.75 Å². The molecule has 0 aliphatic rings. The zero-order valence-corrected chi connectivity index (χ0v) is 11.4. The largest absolute Gasteiger partial charge is 0.298 e. The molecule has 3 nitrogen and oxygen atoms in total. The molecule has 2 rings (SSSR count). The summed E-state index contributed by atoms with van der Waals surface area (Å²) in [7, 11) is 0. The Morgan fingerprint density at radius 2 is 2.00 bits per heavy atom. The number of rotatable bonds is 5. The van der Waals surface area contributed by atoms with Crippen LogP contribution in [0.4, 0.5) is 0 Å². The number of aryl methyl sites for hydroxylation is 2. The highest BCUT2D eigenvalue weighted by atomic mass is 32.2. The molecule has 0 fully saturated rings. The summed E-state index contributed by atoms with van der Waals surface area (Å²) in [4.78, 5) is 12.2. The molecule has 0 saturated carbocycles. The van der Waals surface area contributed by atoms with Crippen LogP contribution in [0.5, 0.6) is 0 Å². The van der Waals surface area contributed by atoms with Crippen molar-refractivity contribution in [3.05, 3.63) is 47.3 Å². The second kappa shape index (κ2) is 5.87. The van der Waals surface area contributed by atoms with Gasteiger partial charge in [0.05, 0.1) is 17.8 Å². The van der Waals surface area contributed by atoms with Gasteiger partial charge >= 0.3 is 0 Å². The predicted molar refractivity (Wildman–Crippen MR) is 74.3 cm³/mol. The average Bonchev–Trinajstić information content (AvgIpc) is 2.65. The molecule has 1 aromatic heterocycles. The predicted octanol–water partition coefficient (Wildman–Crippen LogP) is 3.10. The highest BCUT2D eigenvalue weighted by molar-refractivity contribution is 7.99. The third-order valence-electron chi connectivity index (χ3n) is 2.87. The van der Waals surface area contributed by atoms with Crippen molar-refractivity contribution in [3.8, 4) is 0 Å². The van der Waals surface area contributed by atoms with E-state index in [0.29, 0.717) is 0 Å². The minimum Gasteiger partial charge on any atom is -0.298 e. The molecule has 0 aliphatic carbocycles. The van der Waals surface area contributed by atoms with E-state index in [1.165, 1.54) is 4.90 Å². The first-order valence-corrected chi connectivity index (χ1v) is 6.88. The molecule has 18 heavy (non-hydrogen) atoms. The smallest absolute Gasteiger partial charge is 0.153 e. The van der Waals surface area contributed by atoms with Crippen LogP contribution in [0.25, 0.3) is 0 Å².